The minimum Gasteiger partial charge on any atom is -0.493 e. The van der Waals surface area contributed by atoms with Crippen LogP contribution >= 0.6 is 0 Å². The van der Waals surface area contributed by atoms with E-state index >= 15 is 0 Å². The van der Waals surface area contributed by atoms with E-state index in [9.17, 15) is 0 Å². The highest BCUT2D eigenvalue weighted by atomic mass is 16.5. The number of nitrogens with one attached hydrogen (secondary N) is 1. The van der Waals surface area contributed by atoms with Crippen LogP contribution < -0.4 is 25.3 Å². The maximum Gasteiger partial charge on any atom is 0.162 e. The van der Waals surface area contributed by atoms with Crippen LogP contribution in [0.5, 0.6) is 17.2 Å². The van der Waals surface area contributed by atoms with Gasteiger partial charge in [-0.05, 0) is 47.7 Å². The van der Waals surface area contributed by atoms with Gasteiger partial charge in [-0.3, -0.25) is 9.97 Å². The minimum absolute atomic E-state index is 0.120. The van der Waals surface area contributed by atoms with Crippen LogP contribution in [0.15, 0.2) is 67.1 Å². The van der Waals surface area contributed by atoms with Crippen molar-refractivity contribution >= 4 is 27.5 Å². The van der Waals surface area contributed by atoms with Crippen molar-refractivity contribution in [2.24, 2.45) is 0 Å². The van der Waals surface area contributed by atoms with Gasteiger partial charge in [0.25, 0.3) is 0 Å². The molecule has 2 aromatic carbocycles. The first-order valence-corrected chi connectivity index (χ1v) is 12.9. The first-order chi connectivity index (χ1) is 19.5. The lowest BCUT2D eigenvalue weighted by Crippen LogP contribution is -2.33. The van der Waals surface area contributed by atoms with Gasteiger partial charge in [0.1, 0.15) is 18.2 Å². The zero-order valence-corrected chi connectivity index (χ0v) is 22.6. The van der Waals surface area contributed by atoms with Gasteiger partial charge in [0.15, 0.2) is 11.5 Å². The van der Waals surface area contributed by atoms with Crippen LogP contribution in [0, 0.1) is 11.3 Å². The molecule has 202 valence electrons. The van der Waals surface area contributed by atoms with Gasteiger partial charge >= 0.3 is 0 Å². The molecule has 5 rings (SSSR count). The molecule has 0 saturated carbocycles. The van der Waals surface area contributed by atoms with Crippen LogP contribution in [0.2, 0.25) is 0 Å². The van der Waals surface area contributed by atoms with E-state index in [-0.39, 0.29) is 6.04 Å². The minimum atomic E-state index is 0.120. The van der Waals surface area contributed by atoms with E-state index in [1.54, 1.807) is 38.9 Å². The third kappa shape index (κ3) is 5.58. The number of hydrogen-bond acceptors (Lipinski definition) is 9. The number of methoxy groups -OCH3 is 2. The molecule has 0 saturated heterocycles. The molecule has 3 aromatic heterocycles. The Morgan fingerprint density at radius 2 is 1.80 bits per heavy atom. The van der Waals surface area contributed by atoms with Gasteiger partial charge in [-0.15, -0.1) is 0 Å². The third-order valence-corrected chi connectivity index (χ3v) is 6.82. The molecule has 5 aromatic rings. The standard InChI is InChI=1S/C31H30N6O3/c1-4-22(35-14-20-7-5-6-19(8-20)13-32)18-40-23-9-21(15-34-16-23)27-10-24-25-11-29(38-2)30(39-3)12-28(25)36-17-26(24)31(33)37-27/h5-12,15-17,22,35H,4,14,18H2,1-3H3,(H2,33,37)/t22-/m1/s1. The summed E-state index contributed by atoms with van der Waals surface area (Å²) < 4.78 is 17.1. The summed E-state index contributed by atoms with van der Waals surface area (Å²) in [6.45, 7) is 3.22. The third-order valence-electron chi connectivity index (χ3n) is 6.82. The van der Waals surface area contributed by atoms with E-state index in [0.29, 0.717) is 47.5 Å². The number of nitriles is 1. The number of rotatable bonds is 10. The van der Waals surface area contributed by atoms with E-state index in [1.165, 1.54) is 0 Å². The van der Waals surface area contributed by atoms with Crippen LogP contribution in [0.1, 0.15) is 24.5 Å². The molecule has 3 heterocycles. The molecule has 0 aliphatic rings. The van der Waals surface area contributed by atoms with Crippen LogP contribution in [-0.2, 0) is 6.54 Å². The Morgan fingerprint density at radius 1 is 0.975 bits per heavy atom. The van der Waals surface area contributed by atoms with Crippen molar-refractivity contribution < 1.29 is 14.2 Å². The monoisotopic (exact) mass is 534 g/mol. The van der Waals surface area contributed by atoms with Crippen LogP contribution in [-0.4, -0.2) is 41.8 Å². The zero-order chi connectivity index (χ0) is 28.1. The molecular weight excluding hydrogens is 504 g/mol. The Balaban J connectivity index is 1.38. The first kappa shape index (κ1) is 26.7. The van der Waals surface area contributed by atoms with Crippen molar-refractivity contribution in [1.29, 1.82) is 5.26 Å². The van der Waals surface area contributed by atoms with Crippen molar-refractivity contribution in [3.63, 3.8) is 0 Å². The summed E-state index contributed by atoms with van der Waals surface area (Å²) >= 11 is 0. The molecule has 9 nitrogen and oxygen atoms in total. The molecule has 0 aliphatic heterocycles. The molecule has 0 bridgehead atoms. The predicted octanol–water partition coefficient (Wildman–Crippen LogP) is 5.26. The lowest BCUT2D eigenvalue weighted by atomic mass is 10.0. The second-order valence-corrected chi connectivity index (χ2v) is 9.36. The van der Waals surface area contributed by atoms with Gasteiger partial charge in [-0.2, -0.15) is 5.26 Å². The van der Waals surface area contributed by atoms with Crippen LogP contribution in [0.3, 0.4) is 0 Å². The number of benzene rings is 2. The molecule has 0 unspecified atom stereocenters. The van der Waals surface area contributed by atoms with Crippen molar-refractivity contribution in [3.8, 4) is 34.6 Å². The average Bonchev–Trinajstić information content (AvgIpc) is 3.00. The summed E-state index contributed by atoms with van der Waals surface area (Å²) in [4.78, 5) is 13.6. The van der Waals surface area contributed by atoms with Crippen molar-refractivity contribution in [2.45, 2.75) is 25.9 Å². The molecule has 0 radical (unpaired) electrons. The molecule has 0 spiro atoms. The molecule has 0 aliphatic carbocycles. The van der Waals surface area contributed by atoms with Crippen LogP contribution in [0.25, 0.3) is 32.9 Å². The van der Waals surface area contributed by atoms with E-state index < -0.39 is 0 Å². The average molecular weight is 535 g/mol. The Bertz CT molecular complexity index is 1720. The fourth-order valence-corrected chi connectivity index (χ4v) is 4.57. The summed E-state index contributed by atoms with van der Waals surface area (Å²) in [7, 11) is 3.20. The highest BCUT2D eigenvalue weighted by Gasteiger charge is 2.14. The SMILES string of the molecule is CC[C@H](COc1cncc(-c2cc3c(cnc4cc(OC)c(OC)cc43)c(N)n2)c1)NCc1cccc(C#N)c1. The summed E-state index contributed by atoms with van der Waals surface area (Å²) in [5.74, 6) is 2.22. The number of aromatic nitrogens is 3. The number of pyridine rings is 3. The highest BCUT2D eigenvalue weighted by Crippen LogP contribution is 2.37. The van der Waals surface area contributed by atoms with E-state index in [2.05, 4.69) is 33.3 Å². The number of ether oxygens (including phenoxy) is 3. The van der Waals surface area contributed by atoms with Gasteiger partial charge in [-0.1, -0.05) is 19.1 Å². The number of nitrogens with zero attached hydrogens (tertiary/aromatic N) is 4. The lowest BCUT2D eigenvalue weighted by molar-refractivity contribution is 0.258. The fraction of sp³-hybridized carbons (Fsp3) is 0.226. The zero-order valence-electron chi connectivity index (χ0n) is 22.6. The smallest absolute Gasteiger partial charge is 0.162 e. The summed E-state index contributed by atoms with van der Waals surface area (Å²) in [5.41, 5.74) is 10.3. The summed E-state index contributed by atoms with van der Waals surface area (Å²) in [6.07, 6.45) is 6.03. The highest BCUT2D eigenvalue weighted by molar-refractivity contribution is 6.10. The Morgan fingerprint density at radius 3 is 2.58 bits per heavy atom. The van der Waals surface area contributed by atoms with Crippen molar-refractivity contribution in [2.75, 3.05) is 26.6 Å². The largest absolute Gasteiger partial charge is 0.493 e. The van der Waals surface area contributed by atoms with Gasteiger partial charge in [0.05, 0.1) is 43.3 Å². The number of nitrogen functional groups attached to an aromatic ring is 1. The molecule has 3 N–H and O–H groups in total. The molecule has 40 heavy (non-hydrogen) atoms. The van der Waals surface area contributed by atoms with Gasteiger partial charge < -0.3 is 25.3 Å². The summed E-state index contributed by atoms with van der Waals surface area (Å²) in [6, 6.07) is 17.5. The van der Waals surface area contributed by atoms with Crippen molar-refractivity contribution in [3.05, 3.63) is 78.2 Å². The normalized spacial score (nSPS) is 11.8. The molecule has 0 amide bonds. The fourth-order valence-electron chi connectivity index (χ4n) is 4.57. The Hall–Kier alpha value is -4.94. The lowest BCUT2D eigenvalue weighted by Gasteiger charge is -2.18. The van der Waals surface area contributed by atoms with Crippen molar-refractivity contribution in [1.82, 2.24) is 20.3 Å². The van der Waals surface area contributed by atoms with Gasteiger partial charge in [0.2, 0.25) is 0 Å². The topological polar surface area (TPSA) is 128 Å². The molecule has 0 fully saturated rings. The number of nitrogens with two attached hydrogens (primary N) is 1. The van der Waals surface area contributed by atoms with E-state index in [1.807, 2.05) is 42.5 Å². The molecule has 1 atom stereocenters. The van der Waals surface area contributed by atoms with Gasteiger partial charge in [0, 0.05) is 47.4 Å². The second-order valence-electron chi connectivity index (χ2n) is 9.36. The molecular formula is C31H30N6O3. The maximum atomic E-state index is 9.14. The number of anilines is 1. The summed E-state index contributed by atoms with van der Waals surface area (Å²) in [5, 5.41) is 15.2. The quantitative estimate of drug-likeness (QED) is 0.230. The molecule has 9 heteroatoms. The maximum absolute atomic E-state index is 9.14. The van der Waals surface area contributed by atoms with E-state index in [0.717, 1.165) is 39.2 Å². The van der Waals surface area contributed by atoms with Crippen LogP contribution in [0.4, 0.5) is 5.82 Å². The Labute approximate surface area is 232 Å². The van der Waals surface area contributed by atoms with E-state index in [4.69, 9.17) is 25.2 Å². The number of fused-ring (bicyclic) bond motifs is 3. The Kier molecular flexibility index (Phi) is 7.89. The second kappa shape index (κ2) is 11.8. The van der Waals surface area contributed by atoms with Gasteiger partial charge in [-0.25, -0.2) is 4.98 Å². The first-order valence-electron chi connectivity index (χ1n) is 12.9. The predicted molar refractivity (Wildman–Crippen MR) is 155 cm³/mol. The number of hydrogen-bond donors (Lipinski definition) is 2.